The number of nitrogens with one attached hydrogen (secondary N) is 1. The molecule has 0 spiro atoms. The molecular formula is C12H14N2O. The number of hydrogen-bond acceptors (Lipinski definition) is 2. The molecule has 3 heteroatoms. The smallest absolute Gasteiger partial charge is 0.267 e. The number of hydrazone groups is 1. The Morgan fingerprint density at radius 2 is 2.07 bits per heavy atom. The number of carbonyl (C=O) groups excluding carboxylic acids is 1. The van der Waals surface area contributed by atoms with Crippen molar-refractivity contribution in [3.05, 3.63) is 48.6 Å². The van der Waals surface area contributed by atoms with Crippen LogP contribution in [0.25, 0.3) is 0 Å². The molecular weight excluding hydrogens is 188 g/mol. The highest BCUT2D eigenvalue weighted by atomic mass is 16.2. The molecule has 0 fully saturated rings. The molecule has 0 atom stereocenters. The monoisotopic (exact) mass is 202 g/mol. The van der Waals surface area contributed by atoms with E-state index >= 15 is 0 Å². The predicted octanol–water partition coefficient (Wildman–Crippen LogP) is 2.37. The molecule has 0 unspecified atom stereocenters. The standard InChI is InChI=1S/C12H14N2O/c1-2-3-7-10-13-14-12(15)11-8-5-4-6-9-11/h2,4-6,8-10H,1,3,7H2,(H,14,15)/b13-10+. The van der Waals surface area contributed by atoms with E-state index in [0.717, 1.165) is 12.8 Å². The van der Waals surface area contributed by atoms with Gasteiger partial charge in [-0.15, -0.1) is 6.58 Å². The SMILES string of the molecule is C=CCC/C=N/NC(=O)c1ccccc1. The molecule has 0 aromatic heterocycles. The zero-order valence-corrected chi connectivity index (χ0v) is 8.52. The molecule has 0 bridgehead atoms. The van der Waals surface area contributed by atoms with Gasteiger partial charge in [0.25, 0.3) is 5.91 Å². The van der Waals surface area contributed by atoms with Crippen molar-refractivity contribution in [3.63, 3.8) is 0 Å². The Morgan fingerprint density at radius 1 is 1.33 bits per heavy atom. The lowest BCUT2D eigenvalue weighted by Crippen LogP contribution is -2.17. The first-order valence-electron chi connectivity index (χ1n) is 4.82. The second-order valence-corrected chi connectivity index (χ2v) is 2.98. The lowest BCUT2D eigenvalue weighted by Gasteiger charge is -1.97. The first-order valence-corrected chi connectivity index (χ1v) is 4.82. The molecule has 1 rings (SSSR count). The van der Waals surface area contributed by atoms with Crippen LogP contribution in [0.2, 0.25) is 0 Å². The lowest BCUT2D eigenvalue weighted by atomic mass is 10.2. The summed E-state index contributed by atoms with van der Waals surface area (Å²) in [4.78, 5) is 11.4. The van der Waals surface area contributed by atoms with Crippen molar-refractivity contribution in [1.29, 1.82) is 0 Å². The van der Waals surface area contributed by atoms with Crippen LogP contribution in [0.15, 0.2) is 48.1 Å². The Balaban J connectivity index is 2.37. The number of unbranched alkanes of at least 4 members (excludes halogenated alkanes) is 1. The average Bonchev–Trinajstić information content (AvgIpc) is 2.30. The number of nitrogens with zero attached hydrogens (tertiary/aromatic N) is 1. The van der Waals surface area contributed by atoms with Gasteiger partial charge in [0.2, 0.25) is 0 Å². The maximum Gasteiger partial charge on any atom is 0.271 e. The summed E-state index contributed by atoms with van der Waals surface area (Å²) in [6, 6.07) is 8.99. The minimum Gasteiger partial charge on any atom is -0.267 e. The zero-order chi connectivity index (χ0) is 10.9. The van der Waals surface area contributed by atoms with Gasteiger partial charge in [-0.1, -0.05) is 24.3 Å². The van der Waals surface area contributed by atoms with Gasteiger partial charge >= 0.3 is 0 Å². The van der Waals surface area contributed by atoms with Crippen LogP contribution in [0.1, 0.15) is 23.2 Å². The molecule has 0 saturated heterocycles. The summed E-state index contributed by atoms with van der Waals surface area (Å²) in [6.07, 6.45) is 5.14. The molecule has 3 nitrogen and oxygen atoms in total. The Hall–Kier alpha value is -1.90. The van der Waals surface area contributed by atoms with Gasteiger partial charge in [-0.05, 0) is 25.0 Å². The van der Waals surface area contributed by atoms with Gasteiger partial charge in [0.15, 0.2) is 0 Å². The Bertz CT molecular complexity index is 344. The van der Waals surface area contributed by atoms with Crippen molar-refractivity contribution in [2.45, 2.75) is 12.8 Å². The van der Waals surface area contributed by atoms with Gasteiger partial charge in [0.1, 0.15) is 0 Å². The molecule has 0 heterocycles. The summed E-state index contributed by atoms with van der Waals surface area (Å²) in [5, 5.41) is 3.81. The van der Waals surface area contributed by atoms with Crippen molar-refractivity contribution >= 4 is 12.1 Å². The summed E-state index contributed by atoms with van der Waals surface area (Å²) in [5.74, 6) is -0.189. The first kappa shape index (κ1) is 11.2. The van der Waals surface area contributed by atoms with Crippen LogP contribution in [-0.2, 0) is 0 Å². The van der Waals surface area contributed by atoms with Crippen LogP contribution in [0.4, 0.5) is 0 Å². The summed E-state index contributed by atoms with van der Waals surface area (Å²) in [7, 11) is 0. The molecule has 1 aromatic rings. The van der Waals surface area contributed by atoms with E-state index in [1.165, 1.54) is 0 Å². The normalized spacial score (nSPS) is 10.1. The Kier molecular flexibility index (Phi) is 4.87. The summed E-state index contributed by atoms with van der Waals surface area (Å²) >= 11 is 0. The third-order valence-corrected chi connectivity index (χ3v) is 1.79. The molecule has 1 amide bonds. The number of amides is 1. The van der Waals surface area contributed by atoms with Gasteiger partial charge in [-0.2, -0.15) is 5.10 Å². The van der Waals surface area contributed by atoms with E-state index in [1.54, 1.807) is 18.3 Å². The fourth-order valence-corrected chi connectivity index (χ4v) is 1.02. The quantitative estimate of drug-likeness (QED) is 0.338. The van der Waals surface area contributed by atoms with Crippen LogP contribution < -0.4 is 5.43 Å². The van der Waals surface area contributed by atoms with E-state index in [0.29, 0.717) is 5.56 Å². The summed E-state index contributed by atoms with van der Waals surface area (Å²) in [6.45, 7) is 3.59. The molecule has 0 saturated carbocycles. The summed E-state index contributed by atoms with van der Waals surface area (Å²) < 4.78 is 0. The number of rotatable bonds is 5. The van der Waals surface area contributed by atoms with E-state index < -0.39 is 0 Å². The van der Waals surface area contributed by atoms with Crippen LogP contribution in [0.5, 0.6) is 0 Å². The van der Waals surface area contributed by atoms with E-state index in [4.69, 9.17) is 0 Å². The van der Waals surface area contributed by atoms with Crippen molar-refractivity contribution < 1.29 is 4.79 Å². The second kappa shape index (κ2) is 6.54. The highest BCUT2D eigenvalue weighted by Crippen LogP contribution is 1.97. The number of allylic oxidation sites excluding steroid dienone is 1. The molecule has 78 valence electrons. The Labute approximate surface area is 89.5 Å². The second-order valence-electron chi connectivity index (χ2n) is 2.98. The fourth-order valence-electron chi connectivity index (χ4n) is 1.02. The highest BCUT2D eigenvalue weighted by Gasteiger charge is 2.00. The lowest BCUT2D eigenvalue weighted by molar-refractivity contribution is 0.0955. The topological polar surface area (TPSA) is 41.5 Å². The van der Waals surface area contributed by atoms with Crippen LogP contribution in [-0.4, -0.2) is 12.1 Å². The molecule has 1 N–H and O–H groups in total. The minimum atomic E-state index is -0.189. The van der Waals surface area contributed by atoms with Crippen LogP contribution >= 0.6 is 0 Å². The van der Waals surface area contributed by atoms with E-state index in [9.17, 15) is 4.79 Å². The van der Waals surface area contributed by atoms with Crippen LogP contribution in [0, 0.1) is 0 Å². The van der Waals surface area contributed by atoms with Gasteiger partial charge in [0, 0.05) is 11.8 Å². The van der Waals surface area contributed by atoms with Gasteiger partial charge in [0.05, 0.1) is 0 Å². The van der Waals surface area contributed by atoms with E-state index in [2.05, 4.69) is 17.1 Å². The maximum atomic E-state index is 11.4. The average molecular weight is 202 g/mol. The predicted molar refractivity (Wildman–Crippen MR) is 61.8 cm³/mol. The molecule has 15 heavy (non-hydrogen) atoms. The van der Waals surface area contributed by atoms with Crippen LogP contribution in [0.3, 0.4) is 0 Å². The fraction of sp³-hybridized carbons (Fsp3) is 0.167. The number of carbonyl (C=O) groups is 1. The number of benzene rings is 1. The largest absolute Gasteiger partial charge is 0.271 e. The summed E-state index contributed by atoms with van der Waals surface area (Å²) in [5.41, 5.74) is 3.06. The maximum absolute atomic E-state index is 11.4. The highest BCUT2D eigenvalue weighted by molar-refractivity contribution is 5.94. The third kappa shape index (κ3) is 4.22. The zero-order valence-electron chi connectivity index (χ0n) is 8.52. The minimum absolute atomic E-state index is 0.189. The van der Waals surface area contributed by atoms with Crippen molar-refractivity contribution in [1.82, 2.24) is 5.43 Å². The van der Waals surface area contributed by atoms with Crippen molar-refractivity contribution in [2.75, 3.05) is 0 Å². The third-order valence-electron chi connectivity index (χ3n) is 1.79. The van der Waals surface area contributed by atoms with E-state index in [1.807, 2.05) is 24.3 Å². The van der Waals surface area contributed by atoms with Gasteiger partial charge in [-0.3, -0.25) is 4.79 Å². The molecule has 1 aromatic carbocycles. The van der Waals surface area contributed by atoms with Gasteiger partial charge in [-0.25, -0.2) is 5.43 Å². The number of hydrogen-bond donors (Lipinski definition) is 1. The van der Waals surface area contributed by atoms with Crippen molar-refractivity contribution in [2.24, 2.45) is 5.10 Å². The first-order chi connectivity index (χ1) is 7.34. The molecule has 0 aliphatic carbocycles. The van der Waals surface area contributed by atoms with E-state index in [-0.39, 0.29) is 5.91 Å². The molecule has 0 radical (unpaired) electrons. The van der Waals surface area contributed by atoms with Crippen molar-refractivity contribution in [3.8, 4) is 0 Å². The molecule has 0 aliphatic rings. The Morgan fingerprint density at radius 3 is 2.73 bits per heavy atom. The molecule has 0 aliphatic heterocycles. The van der Waals surface area contributed by atoms with Gasteiger partial charge < -0.3 is 0 Å².